The van der Waals surface area contributed by atoms with E-state index in [-0.39, 0.29) is 11.9 Å². The Morgan fingerprint density at radius 1 is 1.56 bits per heavy atom. The molecule has 1 saturated heterocycles. The summed E-state index contributed by atoms with van der Waals surface area (Å²) in [5, 5.41) is 0. The minimum atomic E-state index is 0.111. The van der Waals surface area contributed by atoms with E-state index in [0.717, 1.165) is 33.1 Å². The minimum Gasteiger partial charge on any atom is -0.338 e. The van der Waals surface area contributed by atoms with Crippen molar-refractivity contribution in [3.63, 3.8) is 0 Å². The van der Waals surface area contributed by atoms with Crippen LogP contribution in [0.1, 0.15) is 23.7 Å². The Bertz CT molecular complexity index is 466. The van der Waals surface area contributed by atoms with Crippen LogP contribution in [-0.4, -0.2) is 29.9 Å². The van der Waals surface area contributed by atoms with E-state index in [9.17, 15) is 4.79 Å². The van der Waals surface area contributed by atoms with Gasteiger partial charge in [-0.15, -0.1) is 0 Å². The van der Waals surface area contributed by atoms with E-state index in [1.807, 2.05) is 23.1 Å². The summed E-state index contributed by atoms with van der Waals surface area (Å²) in [6.07, 6.45) is 0.886. The van der Waals surface area contributed by atoms with Crippen LogP contribution in [0.3, 0.4) is 0 Å². The number of hydrogen-bond acceptors (Lipinski definition) is 2. The molecule has 1 aromatic rings. The van der Waals surface area contributed by atoms with Crippen LogP contribution >= 0.6 is 38.5 Å². The standard InChI is InChI=1S/C13H16BrIN2O/c1-8-7-17(5-4-12(8)16)13(18)10-6-9(14)2-3-11(10)15/h2-3,6,8,12H,4-5,7,16H2,1H3. The van der Waals surface area contributed by atoms with Crippen LogP contribution in [0, 0.1) is 9.49 Å². The maximum Gasteiger partial charge on any atom is 0.254 e. The lowest BCUT2D eigenvalue weighted by Gasteiger charge is -2.35. The fourth-order valence-corrected chi connectivity index (χ4v) is 3.11. The Kier molecular flexibility index (Phi) is 4.66. The quantitative estimate of drug-likeness (QED) is 0.707. The van der Waals surface area contributed by atoms with Crippen LogP contribution in [0.4, 0.5) is 0 Å². The highest BCUT2D eigenvalue weighted by atomic mass is 127. The average Bonchev–Trinajstić information content (AvgIpc) is 2.35. The van der Waals surface area contributed by atoms with Gasteiger partial charge in [-0.25, -0.2) is 0 Å². The molecule has 18 heavy (non-hydrogen) atoms. The van der Waals surface area contributed by atoms with Crippen molar-refractivity contribution in [3.05, 3.63) is 31.8 Å². The molecular weight excluding hydrogens is 407 g/mol. The third kappa shape index (κ3) is 3.05. The molecule has 2 unspecified atom stereocenters. The highest BCUT2D eigenvalue weighted by Crippen LogP contribution is 2.22. The van der Waals surface area contributed by atoms with Gasteiger partial charge in [0.05, 0.1) is 5.56 Å². The van der Waals surface area contributed by atoms with Crippen LogP contribution < -0.4 is 5.73 Å². The molecule has 1 amide bonds. The maximum absolute atomic E-state index is 12.5. The highest BCUT2D eigenvalue weighted by Gasteiger charge is 2.27. The molecule has 1 aliphatic heterocycles. The number of piperidine rings is 1. The summed E-state index contributed by atoms with van der Waals surface area (Å²) in [4.78, 5) is 14.4. The Morgan fingerprint density at radius 2 is 2.28 bits per heavy atom. The van der Waals surface area contributed by atoms with E-state index >= 15 is 0 Å². The monoisotopic (exact) mass is 422 g/mol. The van der Waals surface area contributed by atoms with Gasteiger partial charge in [-0.1, -0.05) is 22.9 Å². The minimum absolute atomic E-state index is 0.111. The first-order valence-electron chi connectivity index (χ1n) is 5.99. The van der Waals surface area contributed by atoms with Gasteiger partial charge in [0.2, 0.25) is 0 Å². The fraction of sp³-hybridized carbons (Fsp3) is 0.462. The van der Waals surface area contributed by atoms with Crippen molar-refractivity contribution in [2.75, 3.05) is 13.1 Å². The van der Waals surface area contributed by atoms with Crippen molar-refractivity contribution in [1.82, 2.24) is 4.90 Å². The first-order chi connectivity index (χ1) is 8.49. The zero-order chi connectivity index (χ0) is 13.3. The molecule has 2 atom stereocenters. The molecule has 98 valence electrons. The molecule has 1 aliphatic rings. The van der Waals surface area contributed by atoms with Gasteiger partial charge in [0, 0.05) is 27.2 Å². The lowest BCUT2D eigenvalue weighted by molar-refractivity contribution is 0.0663. The van der Waals surface area contributed by atoms with Gasteiger partial charge < -0.3 is 10.6 Å². The van der Waals surface area contributed by atoms with E-state index in [0.29, 0.717) is 5.92 Å². The lowest BCUT2D eigenvalue weighted by atomic mass is 9.94. The summed E-state index contributed by atoms with van der Waals surface area (Å²) in [5.74, 6) is 0.479. The van der Waals surface area contributed by atoms with Gasteiger partial charge >= 0.3 is 0 Å². The first kappa shape index (κ1) is 14.3. The van der Waals surface area contributed by atoms with Crippen molar-refractivity contribution < 1.29 is 4.79 Å². The third-order valence-corrected chi connectivity index (χ3v) is 4.85. The number of benzene rings is 1. The predicted octanol–water partition coefficient (Wildman–Crippen LogP) is 2.86. The summed E-state index contributed by atoms with van der Waals surface area (Å²) in [7, 11) is 0. The second-order valence-corrected chi connectivity index (χ2v) is 6.88. The summed E-state index contributed by atoms with van der Waals surface area (Å²) in [5.41, 5.74) is 6.76. The predicted molar refractivity (Wildman–Crippen MR) is 84.5 cm³/mol. The van der Waals surface area contributed by atoms with Gasteiger partial charge in [0.25, 0.3) is 5.91 Å². The molecule has 0 radical (unpaired) electrons. The van der Waals surface area contributed by atoms with Crippen molar-refractivity contribution in [1.29, 1.82) is 0 Å². The van der Waals surface area contributed by atoms with Crippen LogP contribution in [0.15, 0.2) is 22.7 Å². The second kappa shape index (κ2) is 5.88. The number of nitrogens with zero attached hydrogens (tertiary/aromatic N) is 1. The molecule has 0 aromatic heterocycles. The number of hydrogen-bond donors (Lipinski definition) is 1. The number of rotatable bonds is 1. The van der Waals surface area contributed by atoms with Gasteiger partial charge in [0.15, 0.2) is 0 Å². The Balaban J connectivity index is 2.19. The lowest BCUT2D eigenvalue weighted by Crippen LogP contribution is -2.48. The number of nitrogens with two attached hydrogens (primary N) is 1. The molecule has 1 fully saturated rings. The molecule has 1 aromatic carbocycles. The molecule has 2 N–H and O–H groups in total. The summed E-state index contributed by atoms with van der Waals surface area (Å²) >= 11 is 5.62. The van der Waals surface area contributed by atoms with Crippen molar-refractivity contribution in [2.45, 2.75) is 19.4 Å². The topological polar surface area (TPSA) is 46.3 Å². The first-order valence-corrected chi connectivity index (χ1v) is 7.86. The van der Waals surface area contributed by atoms with Crippen LogP contribution in [0.25, 0.3) is 0 Å². The van der Waals surface area contributed by atoms with Crippen LogP contribution in [0.2, 0.25) is 0 Å². The molecular formula is C13H16BrIN2O. The molecule has 0 aliphatic carbocycles. The zero-order valence-electron chi connectivity index (χ0n) is 10.2. The highest BCUT2D eigenvalue weighted by molar-refractivity contribution is 14.1. The SMILES string of the molecule is CC1CN(C(=O)c2cc(Br)ccc2I)CCC1N. The number of carbonyl (C=O) groups excluding carboxylic acids is 1. The van der Waals surface area contributed by atoms with Crippen LogP contribution in [0.5, 0.6) is 0 Å². The van der Waals surface area contributed by atoms with Crippen molar-refractivity contribution >= 4 is 44.4 Å². The smallest absolute Gasteiger partial charge is 0.254 e. The largest absolute Gasteiger partial charge is 0.338 e. The number of amides is 1. The van der Waals surface area contributed by atoms with Gasteiger partial charge in [-0.05, 0) is 53.1 Å². The normalized spacial score (nSPS) is 24.1. The van der Waals surface area contributed by atoms with Gasteiger partial charge in [0.1, 0.15) is 0 Å². The molecule has 0 spiro atoms. The summed E-state index contributed by atoms with van der Waals surface area (Å²) in [6, 6.07) is 6.02. The number of carbonyl (C=O) groups is 1. The Hall–Kier alpha value is -0.140. The van der Waals surface area contributed by atoms with E-state index < -0.39 is 0 Å². The zero-order valence-corrected chi connectivity index (χ0v) is 13.9. The summed E-state index contributed by atoms with van der Waals surface area (Å²) in [6.45, 7) is 3.62. The second-order valence-electron chi connectivity index (χ2n) is 4.81. The molecule has 1 heterocycles. The summed E-state index contributed by atoms with van der Waals surface area (Å²) < 4.78 is 1.93. The average molecular weight is 423 g/mol. The molecule has 3 nitrogen and oxygen atoms in total. The number of halogens is 2. The number of likely N-dealkylation sites (tertiary alicyclic amines) is 1. The Labute approximate surface area is 129 Å². The van der Waals surface area contributed by atoms with Crippen LogP contribution in [-0.2, 0) is 0 Å². The van der Waals surface area contributed by atoms with Crippen molar-refractivity contribution in [2.24, 2.45) is 11.7 Å². The van der Waals surface area contributed by atoms with E-state index in [2.05, 4.69) is 45.4 Å². The Morgan fingerprint density at radius 3 is 2.94 bits per heavy atom. The fourth-order valence-electron chi connectivity index (χ4n) is 2.18. The third-order valence-electron chi connectivity index (χ3n) is 3.42. The van der Waals surface area contributed by atoms with Gasteiger partial charge in [-0.2, -0.15) is 0 Å². The molecule has 0 saturated carbocycles. The van der Waals surface area contributed by atoms with E-state index in [1.165, 1.54) is 0 Å². The molecule has 2 rings (SSSR count). The molecule has 5 heteroatoms. The van der Waals surface area contributed by atoms with Gasteiger partial charge in [-0.3, -0.25) is 4.79 Å². The van der Waals surface area contributed by atoms with E-state index in [1.54, 1.807) is 0 Å². The molecule has 0 bridgehead atoms. The maximum atomic E-state index is 12.5. The van der Waals surface area contributed by atoms with Crippen molar-refractivity contribution in [3.8, 4) is 0 Å². The van der Waals surface area contributed by atoms with E-state index in [4.69, 9.17) is 5.73 Å².